The van der Waals surface area contributed by atoms with Crippen LogP contribution in [0.4, 0.5) is 0 Å². The van der Waals surface area contributed by atoms with Crippen molar-refractivity contribution in [3.63, 3.8) is 0 Å². The molecule has 1 N–H and O–H groups in total. The fourth-order valence-corrected chi connectivity index (χ4v) is 1.50. The van der Waals surface area contributed by atoms with Gasteiger partial charge in [0, 0.05) is 11.8 Å². The summed E-state index contributed by atoms with van der Waals surface area (Å²) in [5, 5.41) is 10.4. The molecule has 0 aliphatic heterocycles. The van der Waals surface area contributed by atoms with E-state index in [4.69, 9.17) is 5.26 Å². The van der Waals surface area contributed by atoms with Gasteiger partial charge in [0.1, 0.15) is 5.40 Å². The van der Waals surface area contributed by atoms with Crippen LogP contribution in [-0.2, 0) is 0 Å². The molecule has 2 rings (SSSR count). The number of fused-ring (bicyclic) bond motifs is 1. The molecule has 0 fully saturated rings. The zero-order valence-corrected chi connectivity index (χ0v) is 7.84. The summed E-state index contributed by atoms with van der Waals surface area (Å²) in [6, 6.07) is 7.20. The molecule has 0 atom stereocenters. The maximum absolute atomic E-state index is 11.3. The standard InChI is InChI=1S/C9H5N3OS/c10-5-14-9-8(13)11-6-3-1-2-4-7(6)12-9/h1-4H,(H,11,13). The van der Waals surface area contributed by atoms with Gasteiger partial charge in [0.15, 0.2) is 5.03 Å². The molecule has 68 valence electrons. The molecule has 0 radical (unpaired) electrons. The van der Waals surface area contributed by atoms with E-state index in [1.807, 2.05) is 17.5 Å². The third kappa shape index (κ3) is 1.47. The van der Waals surface area contributed by atoms with E-state index in [1.165, 1.54) is 0 Å². The second-order valence-electron chi connectivity index (χ2n) is 2.58. The van der Waals surface area contributed by atoms with Crippen LogP contribution in [0.2, 0.25) is 0 Å². The zero-order chi connectivity index (χ0) is 9.97. The van der Waals surface area contributed by atoms with Crippen molar-refractivity contribution in [2.45, 2.75) is 5.03 Å². The molecule has 0 saturated heterocycles. The van der Waals surface area contributed by atoms with Crippen LogP contribution >= 0.6 is 11.8 Å². The average molecular weight is 203 g/mol. The quantitative estimate of drug-likeness (QED) is 0.563. The van der Waals surface area contributed by atoms with Crippen LogP contribution in [0.25, 0.3) is 11.0 Å². The largest absolute Gasteiger partial charge is 0.318 e. The van der Waals surface area contributed by atoms with Gasteiger partial charge in [-0.15, -0.1) is 0 Å². The number of hydrogen-bond donors (Lipinski definition) is 1. The van der Waals surface area contributed by atoms with Crippen molar-refractivity contribution < 1.29 is 0 Å². The van der Waals surface area contributed by atoms with Crippen LogP contribution in [0.1, 0.15) is 0 Å². The van der Waals surface area contributed by atoms with Gasteiger partial charge in [0.2, 0.25) is 0 Å². The van der Waals surface area contributed by atoms with Crippen LogP contribution in [0.3, 0.4) is 0 Å². The van der Waals surface area contributed by atoms with Gasteiger partial charge in [-0.05, 0) is 12.1 Å². The van der Waals surface area contributed by atoms with E-state index in [0.29, 0.717) is 11.0 Å². The highest BCUT2D eigenvalue weighted by molar-refractivity contribution is 8.03. The fraction of sp³-hybridized carbons (Fsp3) is 0. The predicted octanol–water partition coefficient (Wildman–Crippen LogP) is 1.50. The van der Waals surface area contributed by atoms with Crippen LogP contribution in [0.5, 0.6) is 0 Å². The van der Waals surface area contributed by atoms with E-state index in [1.54, 1.807) is 12.1 Å². The van der Waals surface area contributed by atoms with Crippen molar-refractivity contribution in [1.29, 1.82) is 5.26 Å². The minimum Gasteiger partial charge on any atom is -0.318 e. The second kappa shape index (κ2) is 3.52. The molecule has 1 heterocycles. The summed E-state index contributed by atoms with van der Waals surface area (Å²) in [5.74, 6) is 0. The number of benzene rings is 1. The van der Waals surface area contributed by atoms with Crippen molar-refractivity contribution in [3.05, 3.63) is 34.6 Å². The minimum atomic E-state index is -0.324. The highest BCUT2D eigenvalue weighted by atomic mass is 32.2. The normalized spacial score (nSPS) is 9.93. The Morgan fingerprint density at radius 2 is 2.21 bits per heavy atom. The maximum Gasteiger partial charge on any atom is 0.282 e. The lowest BCUT2D eigenvalue weighted by atomic mass is 10.3. The van der Waals surface area contributed by atoms with Crippen molar-refractivity contribution in [2.24, 2.45) is 0 Å². The number of nitrogens with one attached hydrogen (secondary N) is 1. The van der Waals surface area contributed by atoms with Crippen molar-refractivity contribution >= 4 is 22.8 Å². The van der Waals surface area contributed by atoms with E-state index in [-0.39, 0.29) is 10.6 Å². The lowest BCUT2D eigenvalue weighted by Crippen LogP contribution is -2.09. The Balaban J connectivity index is 2.72. The van der Waals surface area contributed by atoms with E-state index in [0.717, 1.165) is 11.8 Å². The van der Waals surface area contributed by atoms with Gasteiger partial charge in [0.05, 0.1) is 11.0 Å². The third-order valence-corrected chi connectivity index (χ3v) is 2.27. The molecule has 4 nitrogen and oxygen atoms in total. The van der Waals surface area contributed by atoms with Crippen LogP contribution < -0.4 is 5.56 Å². The number of nitriles is 1. The van der Waals surface area contributed by atoms with Gasteiger partial charge in [-0.25, -0.2) is 4.98 Å². The summed E-state index contributed by atoms with van der Waals surface area (Å²) < 4.78 is 0. The maximum atomic E-state index is 11.3. The Morgan fingerprint density at radius 1 is 1.43 bits per heavy atom. The Kier molecular flexibility index (Phi) is 2.21. The molecular formula is C9H5N3OS. The first kappa shape index (κ1) is 8.78. The molecule has 0 saturated carbocycles. The Labute approximate surface area is 83.6 Å². The van der Waals surface area contributed by atoms with E-state index < -0.39 is 0 Å². The zero-order valence-electron chi connectivity index (χ0n) is 7.02. The molecular weight excluding hydrogens is 198 g/mol. The number of nitrogens with zero attached hydrogens (tertiary/aromatic N) is 2. The van der Waals surface area contributed by atoms with Crippen LogP contribution in [0.15, 0.2) is 34.1 Å². The Hall–Kier alpha value is -1.80. The summed E-state index contributed by atoms with van der Waals surface area (Å²) in [4.78, 5) is 18.0. The van der Waals surface area contributed by atoms with Crippen molar-refractivity contribution in [3.8, 4) is 5.40 Å². The number of hydrogen-bond acceptors (Lipinski definition) is 4. The fourth-order valence-electron chi connectivity index (χ4n) is 1.13. The molecule has 0 bridgehead atoms. The Bertz CT molecular complexity index is 570. The smallest absolute Gasteiger partial charge is 0.282 e. The first-order chi connectivity index (χ1) is 6.81. The topological polar surface area (TPSA) is 69.5 Å². The van der Waals surface area contributed by atoms with E-state index in [9.17, 15) is 4.79 Å². The van der Waals surface area contributed by atoms with Gasteiger partial charge in [-0.2, -0.15) is 5.26 Å². The van der Waals surface area contributed by atoms with Gasteiger partial charge < -0.3 is 4.98 Å². The molecule has 5 heteroatoms. The number of H-pyrrole nitrogens is 1. The number of aromatic amines is 1. The number of para-hydroxylation sites is 2. The minimum absolute atomic E-state index is 0.186. The summed E-state index contributed by atoms with van der Waals surface area (Å²) >= 11 is 0.767. The van der Waals surface area contributed by atoms with Gasteiger partial charge in [0.25, 0.3) is 5.56 Å². The molecule has 0 aliphatic rings. The molecule has 0 spiro atoms. The van der Waals surface area contributed by atoms with Crippen LogP contribution in [0, 0.1) is 10.7 Å². The average Bonchev–Trinajstić information content (AvgIpc) is 2.19. The third-order valence-electron chi connectivity index (χ3n) is 1.71. The lowest BCUT2D eigenvalue weighted by molar-refractivity contribution is 1.06. The van der Waals surface area contributed by atoms with E-state index >= 15 is 0 Å². The highest BCUT2D eigenvalue weighted by Crippen LogP contribution is 2.12. The first-order valence-corrected chi connectivity index (χ1v) is 4.68. The summed E-state index contributed by atoms with van der Waals surface area (Å²) in [5.41, 5.74) is 1.04. The molecule has 0 unspecified atom stereocenters. The number of thiocyanates is 1. The molecule has 1 aromatic carbocycles. The van der Waals surface area contributed by atoms with Gasteiger partial charge in [-0.1, -0.05) is 12.1 Å². The highest BCUT2D eigenvalue weighted by Gasteiger charge is 2.03. The number of rotatable bonds is 1. The number of aromatic nitrogens is 2. The van der Waals surface area contributed by atoms with Crippen molar-refractivity contribution in [1.82, 2.24) is 9.97 Å². The van der Waals surface area contributed by atoms with Crippen LogP contribution in [-0.4, -0.2) is 9.97 Å². The monoisotopic (exact) mass is 203 g/mol. The molecule has 0 amide bonds. The van der Waals surface area contributed by atoms with E-state index in [2.05, 4.69) is 9.97 Å². The Morgan fingerprint density at radius 3 is 3.00 bits per heavy atom. The first-order valence-electron chi connectivity index (χ1n) is 3.86. The molecule has 0 aliphatic carbocycles. The van der Waals surface area contributed by atoms with Gasteiger partial charge in [-0.3, -0.25) is 4.79 Å². The summed E-state index contributed by atoms with van der Waals surface area (Å²) in [6.07, 6.45) is 0. The summed E-state index contributed by atoms with van der Waals surface area (Å²) in [7, 11) is 0. The summed E-state index contributed by atoms with van der Waals surface area (Å²) in [6.45, 7) is 0. The van der Waals surface area contributed by atoms with Gasteiger partial charge >= 0.3 is 0 Å². The predicted molar refractivity (Wildman–Crippen MR) is 53.8 cm³/mol. The SMILES string of the molecule is N#CSc1nc2ccccc2[nH]c1=O. The number of thioether (sulfide) groups is 1. The lowest BCUT2D eigenvalue weighted by Gasteiger charge is -1.97. The van der Waals surface area contributed by atoms with Crippen molar-refractivity contribution in [2.75, 3.05) is 0 Å². The molecule has 1 aromatic heterocycles. The molecule has 2 aromatic rings. The molecule has 14 heavy (non-hydrogen) atoms. The second-order valence-corrected chi connectivity index (χ2v) is 3.35.